The van der Waals surface area contributed by atoms with Crippen molar-refractivity contribution in [3.05, 3.63) is 83.0 Å². The number of nitrogens with one attached hydrogen (secondary N) is 1. The van der Waals surface area contributed by atoms with Gasteiger partial charge >= 0.3 is 0 Å². The van der Waals surface area contributed by atoms with E-state index in [2.05, 4.69) is 32.9 Å². The van der Waals surface area contributed by atoms with Crippen LogP contribution in [0.2, 0.25) is 0 Å². The largest absolute Gasteiger partial charge is 0.310 e. The number of rotatable bonds is 3. The molecule has 0 unspecified atom stereocenters. The number of hydrogen-bond acceptors (Lipinski definition) is 3. The molecule has 1 atom stereocenters. The van der Waals surface area contributed by atoms with Crippen molar-refractivity contribution in [2.24, 2.45) is 0 Å². The number of halogens is 1. The van der Waals surface area contributed by atoms with E-state index in [9.17, 15) is 9.59 Å². The molecule has 1 spiro atoms. The van der Waals surface area contributed by atoms with Gasteiger partial charge in [-0.3, -0.25) is 9.59 Å². The quantitative estimate of drug-likeness (QED) is 0.619. The summed E-state index contributed by atoms with van der Waals surface area (Å²) in [6.45, 7) is 4.17. The summed E-state index contributed by atoms with van der Waals surface area (Å²) >= 11 is 3.43. The summed E-state index contributed by atoms with van der Waals surface area (Å²) in [6, 6.07) is 15.3. The Hall–Kier alpha value is -3.19. The number of hydrogen-bond donors (Lipinski definition) is 1. The molecule has 0 fully saturated rings. The second-order valence-electron chi connectivity index (χ2n) is 7.15. The molecule has 7 heteroatoms. The number of nitrogens with zero attached hydrogens (tertiary/aromatic N) is 3. The number of para-hydroxylation sites is 1. The number of anilines is 2. The third kappa shape index (κ3) is 2.43. The summed E-state index contributed by atoms with van der Waals surface area (Å²) in [5.41, 5.74) is 2.08. The van der Waals surface area contributed by atoms with Gasteiger partial charge in [-0.1, -0.05) is 40.2 Å². The van der Waals surface area contributed by atoms with Gasteiger partial charge in [-0.25, -0.2) is 4.68 Å². The Bertz CT molecular complexity index is 1170. The number of carbonyl (C=O) groups is 2. The van der Waals surface area contributed by atoms with Crippen LogP contribution in [-0.4, -0.2) is 28.1 Å². The molecular weight excluding hydrogens is 432 g/mol. The maximum absolute atomic E-state index is 13.7. The summed E-state index contributed by atoms with van der Waals surface area (Å²) in [5.74, 6) is 0.206. The normalized spacial score (nSPS) is 19.8. The molecule has 0 saturated carbocycles. The number of amides is 2. The minimum Gasteiger partial charge on any atom is -0.310 e. The number of benzene rings is 2. The highest BCUT2D eigenvalue weighted by Gasteiger charge is 2.56. The standard InChI is InChI=1S/C22H17BrN4O2/c1-2-11-26-18-6-4-3-5-16(18)22(21(26)29)12-19(28)25-20-17(22)13-24-27(20)15-9-7-14(23)8-10-15/h2-10,13H,1,11-12H2,(H,25,28)/t22-/m0/s1. The van der Waals surface area contributed by atoms with Gasteiger partial charge in [-0.05, 0) is 35.9 Å². The van der Waals surface area contributed by atoms with Crippen LogP contribution in [0, 0.1) is 0 Å². The summed E-state index contributed by atoms with van der Waals surface area (Å²) in [5, 5.41) is 7.46. The number of carbonyl (C=O) groups excluding carboxylic acids is 2. The van der Waals surface area contributed by atoms with Crippen LogP contribution in [0.4, 0.5) is 11.5 Å². The Morgan fingerprint density at radius 3 is 2.66 bits per heavy atom. The van der Waals surface area contributed by atoms with E-state index < -0.39 is 5.41 Å². The van der Waals surface area contributed by atoms with E-state index in [0.717, 1.165) is 21.4 Å². The molecule has 0 bridgehead atoms. The maximum Gasteiger partial charge on any atom is 0.243 e. The zero-order valence-electron chi connectivity index (χ0n) is 15.4. The van der Waals surface area contributed by atoms with E-state index in [1.54, 1.807) is 21.9 Å². The van der Waals surface area contributed by atoms with E-state index in [0.29, 0.717) is 17.9 Å². The van der Waals surface area contributed by atoms with Crippen LogP contribution in [-0.2, 0) is 15.0 Å². The van der Waals surface area contributed by atoms with Crippen LogP contribution in [0.25, 0.3) is 5.69 Å². The van der Waals surface area contributed by atoms with Gasteiger partial charge in [0.05, 0.1) is 11.9 Å². The predicted octanol–water partition coefficient (Wildman–Crippen LogP) is 3.80. The number of aromatic nitrogens is 2. The Balaban J connectivity index is 1.75. The summed E-state index contributed by atoms with van der Waals surface area (Å²) in [7, 11) is 0. The lowest BCUT2D eigenvalue weighted by atomic mass is 9.72. The van der Waals surface area contributed by atoms with E-state index >= 15 is 0 Å². The van der Waals surface area contributed by atoms with Gasteiger partial charge in [0.2, 0.25) is 11.8 Å². The molecule has 2 aromatic carbocycles. The Morgan fingerprint density at radius 2 is 1.90 bits per heavy atom. The van der Waals surface area contributed by atoms with Crippen molar-refractivity contribution < 1.29 is 9.59 Å². The first-order valence-corrected chi connectivity index (χ1v) is 10.0. The lowest BCUT2D eigenvalue weighted by Gasteiger charge is -2.32. The lowest BCUT2D eigenvalue weighted by Crippen LogP contribution is -2.46. The second-order valence-corrected chi connectivity index (χ2v) is 8.06. The van der Waals surface area contributed by atoms with Crippen LogP contribution < -0.4 is 10.2 Å². The van der Waals surface area contributed by atoms with Gasteiger partial charge < -0.3 is 10.2 Å². The Kier molecular flexibility index (Phi) is 3.96. The van der Waals surface area contributed by atoms with Gasteiger partial charge in [-0.2, -0.15) is 5.10 Å². The van der Waals surface area contributed by atoms with E-state index in [4.69, 9.17) is 0 Å². The molecule has 144 valence electrons. The highest BCUT2D eigenvalue weighted by Crippen LogP contribution is 2.52. The fraction of sp³-hybridized carbons (Fsp3) is 0.136. The average molecular weight is 449 g/mol. The maximum atomic E-state index is 13.7. The Labute approximate surface area is 176 Å². The van der Waals surface area contributed by atoms with E-state index in [1.165, 1.54) is 0 Å². The fourth-order valence-electron chi connectivity index (χ4n) is 4.34. The molecule has 3 heterocycles. The van der Waals surface area contributed by atoms with Crippen molar-refractivity contribution >= 4 is 39.2 Å². The minimum atomic E-state index is -1.08. The molecule has 0 radical (unpaired) electrons. The molecule has 2 amide bonds. The number of fused-ring (bicyclic) bond motifs is 4. The van der Waals surface area contributed by atoms with E-state index in [1.807, 2.05) is 48.5 Å². The first-order valence-electron chi connectivity index (χ1n) is 9.23. The van der Waals surface area contributed by atoms with Crippen LogP contribution in [0.3, 0.4) is 0 Å². The minimum absolute atomic E-state index is 0.0511. The fourth-order valence-corrected chi connectivity index (χ4v) is 4.60. The van der Waals surface area contributed by atoms with Crippen LogP contribution in [0.5, 0.6) is 0 Å². The topological polar surface area (TPSA) is 67.2 Å². The Morgan fingerprint density at radius 1 is 1.14 bits per heavy atom. The first kappa shape index (κ1) is 17.9. The molecule has 2 aliphatic heterocycles. The van der Waals surface area contributed by atoms with Crippen molar-refractivity contribution in [2.45, 2.75) is 11.8 Å². The van der Waals surface area contributed by atoms with Gasteiger partial charge in [0.1, 0.15) is 11.2 Å². The molecular formula is C22H17BrN4O2. The van der Waals surface area contributed by atoms with Crippen LogP contribution >= 0.6 is 15.9 Å². The highest BCUT2D eigenvalue weighted by atomic mass is 79.9. The molecule has 6 nitrogen and oxygen atoms in total. The van der Waals surface area contributed by atoms with Gasteiger partial charge in [-0.15, -0.1) is 6.58 Å². The smallest absolute Gasteiger partial charge is 0.243 e. The highest BCUT2D eigenvalue weighted by molar-refractivity contribution is 9.10. The van der Waals surface area contributed by atoms with Crippen LogP contribution in [0.15, 0.2) is 71.9 Å². The SMILES string of the molecule is C=CCN1C(=O)[C@@]2(CC(=O)Nc3c2cnn3-c2ccc(Br)cc2)c2ccccc21. The van der Waals surface area contributed by atoms with Crippen molar-refractivity contribution in [3.8, 4) is 5.69 Å². The summed E-state index contributed by atoms with van der Waals surface area (Å²) in [6.07, 6.45) is 3.45. The summed E-state index contributed by atoms with van der Waals surface area (Å²) in [4.78, 5) is 28.2. The lowest BCUT2D eigenvalue weighted by molar-refractivity contribution is -0.126. The molecule has 5 rings (SSSR count). The van der Waals surface area contributed by atoms with Gasteiger partial charge in [0.25, 0.3) is 0 Å². The third-order valence-corrected chi connectivity index (χ3v) is 6.09. The molecule has 29 heavy (non-hydrogen) atoms. The summed E-state index contributed by atoms with van der Waals surface area (Å²) < 4.78 is 2.62. The monoisotopic (exact) mass is 448 g/mol. The zero-order chi connectivity index (χ0) is 20.2. The zero-order valence-corrected chi connectivity index (χ0v) is 17.0. The second kappa shape index (κ2) is 6.42. The van der Waals surface area contributed by atoms with Crippen molar-refractivity contribution in [3.63, 3.8) is 0 Å². The van der Waals surface area contributed by atoms with Crippen molar-refractivity contribution in [1.82, 2.24) is 9.78 Å². The van der Waals surface area contributed by atoms with Crippen molar-refractivity contribution in [2.75, 3.05) is 16.8 Å². The van der Waals surface area contributed by atoms with Gasteiger partial charge in [0.15, 0.2) is 0 Å². The van der Waals surface area contributed by atoms with Crippen LogP contribution in [0.1, 0.15) is 17.5 Å². The molecule has 1 aromatic heterocycles. The first-order chi connectivity index (χ1) is 14.1. The third-order valence-electron chi connectivity index (χ3n) is 5.56. The molecule has 2 aliphatic rings. The predicted molar refractivity (Wildman–Crippen MR) is 114 cm³/mol. The molecule has 0 aliphatic carbocycles. The van der Waals surface area contributed by atoms with Crippen molar-refractivity contribution in [1.29, 1.82) is 0 Å². The average Bonchev–Trinajstić information content (AvgIpc) is 3.24. The van der Waals surface area contributed by atoms with Gasteiger partial charge in [0, 0.05) is 28.7 Å². The molecule has 0 saturated heterocycles. The molecule has 3 aromatic rings. The van der Waals surface area contributed by atoms with E-state index in [-0.39, 0.29) is 18.2 Å². The molecule has 1 N–H and O–H groups in total.